The second-order valence-electron chi connectivity index (χ2n) is 8.83. The Morgan fingerprint density at radius 1 is 1.11 bits per heavy atom. The van der Waals surface area contributed by atoms with Crippen LogP contribution in [-0.2, 0) is 28.9 Å². The van der Waals surface area contributed by atoms with Crippen molar-refractivity contribution in [1.29, 1.82) is 0 Å². The molecule has 0 aromatic heterocycles. The molecule has 3 aromatic rings. The Morgan fingerprint density at radius 2 is 1.83 bits per heavy atom. The molecule has 0 unspecified atom stereocenters. The number of ether oxygens (including phenoxy) is 2. The van der Waals surface area contributed by atoms with Gasteiger partial charge in [-0.25, -0.2) is 4.39 Å². The number of carbonyl (C=O) groups is 2. The number of carbonyl (C=O) groups excluding carboxylic acids is 2. The second-order valence-corrected chi connectivity index (χ2v) is 8.83. The van der Waals surface area contributed by atoms with Crippen molar-refractivity contribution in [3.05, 3.63) is 70.5 Å². The number of esters is 1. The van der Waals surface area contributed by atoms with Gasteiger partial charge in [0.25, 0.3) is 5.91 Å². The van der Waals surface area contributed by atoms with Gasteiger partial charge in [0, 0.05) is 16.6 Å². The van der Waals surface area contributed by atoms with Gasteiger partial charge in [-0.3, -0.25) is 9.59 Å². The Hall–Kier alpha value is -3.55. The molecule has 0 N–H and O–H groups in total. The second kappa shape index (κ2) is 9.98. The van der Waals surface area contributed by atoms with E-state index >= 15 is 0 Å². The number of amides is 1. The normalized spacial score (nSPS) is 13.1. The molecule has 1 aliphatic rings. The van der Waals surface area contributed by atoms with E-state index in [1.165, 1.54) is 23.1 Å². The molecular weight excluding hydrogens is 459 g/mol. The lowest BCUT2D eigenvalue weighted by Gasteiger charge is -2.18. The van der Waals surface area contributed by atoms with Crippen LogP contribution in [0.2, 0.25) is 0 Å². The zero-order chi connectivity index (χ0) is 25.3. The number of nitrogens with zero attached hydrogens (tertiary/aromatic N) is 1. The third-order valence-corrected chi connectivity index (χ3v) is 5.96. The first-order valence-electron chi connectivity index (χ1n) is 11.5. The summed E-state index contributed by atoms with van der Waals surface area (Å²) in [4.78, 5) is 26.7. The van der Waals surface area contributed by atoms with Crippen LogP contribution in [0.25, 0.3) is 10.8 Å². The Kier molecular flexibility index (Phi) is 7.00. The molecule has 8 heteroatoms. The summed E-state index contributed by atoms with van der Waals surface area (Å²) in [5, 5.41) is 1.19. The average molecular weight is 486 g/mol. The first kappa shape index (κ1) is 24.6. The van der Waals surface area contributed by atoms with Gasteiger partial charge in [-0.2, -0.15) is 8.78 Å². The third-order valence-electron chi connectivity index (χ3n) is 5.96. The number of benzene rings is 3. The quantitative estimate of drug-likeness (QED) is 0.365. The van der Waals surface area contributed by atoms with E-state index in [1.54, 1.807) is 31.2 Å². The molecule has 0 fully saturated rings. The van der Waals surface area contributed by atoms with Crippen molar-refractivity contribution in [1.82, 2.24) is 0 Å². The van der Waals surface area contributed by atoms with E-state index in [0.717, 1.165) is 5.56 Å². The van der Waals surface area contributed by atoms with E-state index in [0.29, 0.717) is 28.3 Å². The van der Waals surface area contributed by atoms with Crippen molar-refractivity contribution < 1.29 is 32.2 Å². The highest BCUT2D eigenvalue weighted by Crippen LogP contribution is 2.43. The molecule has 0 bridgehead atoms. The van der Waals surface area contributed by atoms with Gasteiger partial charge in [0.05, 0.1) is 25.1 Å². The van der Waals surface area contributed by atoms with E-state index in [9.17, 15) is 22.8 Å². The van der Waals surface area contributed by atoms with Gasteiger partial charge in [0.15, 0.2) is 0 Å². The van der Waals surface area contributed by atoms with Crippen molar-refractivity contribution in [2.45, 2.75) is 46.8 Å². The molecule has 1 amide bonds. The highest BCUT2D eigenvalue weighted by Gasteiger charge is 2.36. The van der Waals surface area contributed by atoms with Gasteiger partial charge in [0.2, 0.25) is 0 Å². The van der Waals surface area contributed by atoms with Crippen LogP contribution in [0.4, 0.5) is 18.9 Å². The molecule has 0 radical (unpaired) electrons. The van der Waals surface area contributed by atoms with E-state index in [1.807, 2.05) is 13.8 Å². The third kappa shape index (κ3) is 4.83. The lowest BCUT2D eigenvalue weighted by atomic mass is 9.89. The molecular formula is C27H26F3NO4. The molecule has 0 atom stereocenters. The van der Waals surface area contributed by atoms with Gasteiger partial charge in [-0.05, 0) is 47.9 Å². The fraction of sp³-hybridized carbons (Fsp3) is 0.333. The van der Waals surface area contributed by atoms with Crippen LogP contribution in [0.1, 0.15) is 47.8 Å². The van der Waals surface area contributed by atoms with Gasteiger partial charge in [-0.15, -0.1) is 0 Å². The number of anilines is 1. The van der Waals surface area contributed by atoms with Crippen molar-refractivity contribution in [3.8, 4) is 5.75 Å². The maximum absolute atomic E-state index is 14.8. The molecule has 35 heavy (non-hydrogen) atoms. The van der Waals surface area contributed by atoms with Crippen LogP contribution in [0.3, 0.4) is 0 Å². The van der Waals surface area contributed by atoms with E-state index in [-0.39, 0.29) is 42.5 Å². The van der Waals surface area contributed by atoms with Gasteiger partial charge in [-0.1, -0.05) is 44.2 Å². The van der Waals surface area contributed by atoms with Gasteiger partial charge < -0.3 is 14.4 Å². The summed E-state index contributed by atoms with van der Waals surface area (Å²) in [6.07, 6.45) is 0.328. The SMILES string of the molecule is CCOC(=O)Cc1ccc(N2Cc3c(c(CC(C)C)c4ccccc4c3OC(F)F)C2=O)cc1F. The minimum Gasteiger partial charge on any atom is -0.466 e. The molecule has 0 saturated carbocycles. The lowest BCUT2D eigenvalue weighted by Crippen LogP contribution is -2.24. The predicted molar refractivity (Wildman–Crippen MR) is 126 cm³/mol. The van der Waals surface area contributed by atoms with E-state index in [4.69, 9.17) is 9.47 Å². The fourth-order valence-corrected chi connectivity index (χ4v) is 4.58. The fourth-order valence-electron chi connectivity index (χ4n) is 4.58. The zero-order valence-corrected chi connectivity index (χ0v) is 19.7. The smallest absolute Gasteiger partial charge is 0.387 e. The minimum absolute atomic E-state index is 0.0339. The van der Waals surface area contributed by atoms with E-state index in [2.05, 4.69) is 0 Å². The number of alkyl halides is 2. The predicted octanol–water partition coefficient (Wildman–Crippen LogP) is 6.04. The van der Waals surface area contributed by atoms with Crippen LogP contribution in [0, 0.1) is 11.7 Å². The number of fused-ring (bicyclic) bond motifs is 2. The minimum atomic E-state index is -3.07. The molecule has 1 heterocycles. The summed E-state index contributed by atoms with van der Waals surface area (Å²) in [6.45, 7) is 2.77. The molecule has 0 aliphatic carbocycles. The summed E-state index contributed by atoms with van der Waals surface area (Å²) in [7, 11) is 0. The van der Waals surface area contributed by atoms with Gasteiger partial charge in [0.1, 0.15) is 11.6 Å². The molecule has 4 rings (SSSR count). The molecule has 0 spiro atoms. The van der Waals surface area contributed by atoms with Crippen LogP contribution in [-0.4, -0.2) is 25.1 Å². The summed E-state index contributed by atoms with van der Waals surface area (Å²) >= 11 is 0. The maximum atomic E-state index is 14.8. The molecule has 0 saturated heterocycles. The lowest BCUT2D eigenvalue weighted by molar-refractivity contribution is -0.142. The van der Waals surface area contributed by atoms with Crippen LogP contribution >= 0.6 is 0 Å². The topological polar surface area (TPSA) is 55.8 Å². The zero-order valence-electron chi connectivity index (χ0n) is 19.7. The molecule has 184 valence electrons. The van der Waals surface area contributed by atoms with Crippen LogP contribution in [0.15, 0.2) is 42.5 Å². The summed E-state index contributed by atoms with van der Waals surface area (Å²) in [5.41, 5.74) is 1.85. The molecule has 5 nitrogen and oxygen atoms in total. The van der Waals surface area contributed by atoms with Crippen LogP contribution in [0.5, 0.6) is 5.75 Å². The Balaban J connectivity index is 1.81. The van der Waals surface area contributed by atoms with Crippen molar-refractivity contribution in [3.63, 3.8) is 0 Å². The summed E-state index contributed by atoms with van der Waals surface area (Å²) in [5.74, 6) is -1.45. The standard InChI is InChI=1S/C27H26F3NO4/c1-4-34-23(32)12-16-9-10-17(13-22(16)28)31-14-21-24(26(31)33)20(11-15(2)3)18-7-5-6-8-19(18)25(21)35-27(29)30/h5-10,13,15,27H,4,11-12,14H2,1-3H3. The largest absolute Gasteiger partial charge is 0.466 e. The first-order chi connectivity index (χ1) is 16.7. The van der Waals surface area contributed by atoms with Crippen LogP contribution < -0.4 is 9.64 Å². The number of rotatable bonds is 8. The monoisotopic (exact) mass is 485 g/mol. The highest BCUT2D eigenvalue weighted by molar-refractivity contribution is 6.15. The van der Waals surface area contributed by atoms with Gasteiger partial charge >= 0.3 is 12.6 Å². The Bertz CT molecular complexity index is 1290. The molecule has 1 aliphatic heterocycles. The van der Waals surface area contributed by atoms with Crippen molar-refractivity contribution in [2.75, 3.05) is 11.5 Å². The van der Waals surface area contributed by atoms with Crippen molar-refractivity contribution >= 4 is 28.3 Å². The maximum Gasteiger partial charge on any atom is 0.387 e. The highest BCUT2D eigenvalue weighted by atomic mass is 19.3. The molecule has 3 aromatic carbocycles. The Morgan fingerprint density at radius 3 is 2.46 bits per heavy atom. The number of hydrogen-bond acceptors (Lipinski definition) is 4. The summed E-state index contributed by atoms with van der Waals surface area (Å²) < 4.78 is 51.4. The summed E-state index contributed by atoms with van der Waals surface area (Å²) in [6, 6.07) is 11.2. The number of halogens is 3. The first-order valence-corrected chi connectivity index (χ1v) is 11.5. The number of hydrogen-bond donors (Lipinski definition) is 0. The van der Waals surface area contributed by atoms with Crippen molar-refractivity contribution in [2.24, 2.45) is 5.92 Å². The Labute approximate surface area is 201 Å². The van der Waals surface area contributed by atoms with E-state index < -0.39 is 24.3 Å². The average Bonchev–Trinajstić information content (AvgIpc) is 3.14.